The average molecular weight is 462 g/mol. The second-order valence-electron chi connectivity index (χ2n) is 6.45. The van der Waals surface area contributed by atoms with Crippen LogP contribution in [-0.4, -0.2) is 19.6 Å². The number of aryl methyl sites for hydroxylation is 1. The summed E-state index contributed by atoms with van der Waals surface area (Å²) in [4.78, 5) is 0. The molecule has 0 aliphatic carbocycles. The van der Waals surface area contributed by atoms with E-state index < -0.39 is 11.9 Å². The Balaban J connectivity index is 1.81. The van der Waals surface area contributed by atoms with Crippen LogP contribution in [0, 0.1) is 0 Å². The molecule has 2 heterocycles. The van der Waals surface area contributed by atoms with Gasteiger partial charge in [-0.15, -0.1) is 0 Å². The minimum Gasteiger partial charge on any atom is -0.383 e. The highest BCUT2D eigenvalue weighted by atomic mass is 79.9. The second-order valence-corrected chi connectivity index (χ2v) is 7.37. The quantitative estimate of drug-likeness (QED) is 0.450. The van der Waals surface area contributed by atoms with Crippen LogP contribution in [0.3, 0.4) is 0 Å². The third kappa shape index (κ3) is 3.65. The Morgan fingerprint density at radius 1 is 0.862 bits per heavy atom. The van der Waals surface area contributed by atoms with Crippen molar-refractivity contribution in [3.63, 3.8) is 0 Å². The lowest BCUT2D eigenvalue weighted by Crippen LogP contribution is -2.09. The van der Waals surface area contributed by atoms with Crippen LogP contribution < -0.4 is 5.73 Å². The van der Waals surface area contributed by atoms with E-state index in [0.717, 1.165) is 20.3 Å². The molecular formula is C20H15BrF3N5. The van der Waals surface area contributed by atoms with Crippen LogP contribution in [0.25, 0.3) is 28.1 Å². The van der Waals surface area contributed by atoms with Crippen molar-refractivity contribution in [1.29, 1.82) is 0 Å². The maximum atomic E-state index is 13.7. The molecule has 2 aromatic carbocycles. The van der Waals surface area contributed by atoms with Gasteiger partial charge in [0, 0.05) is 23.8 Å². The summed E-state index contributed by atoms with van der Waals surface area (Å²) in [5, 5.41) is 7.82. The summed E-state index contributed by atoms with van der Waals surface area (Å²) in [6.07, 6.45) is -3.05. The highest BCUT2D eigenvalue weighted by molar-refractivity contribution is 9.10. The Kier molecular flexibility index (Phi) is 4.70. The minimum atomic E-state index is -4.66. The van der Waals surface area contributed by atoms with Crippen molar-refractivity contribution in [3.05, 3.63) is 71.0 Å². The first-order valence-electron chi connectivity index (χ1n) is 8.56. The molecular weight excluding hydrogens is 447 g/mol. The number of benzene rings is 2. The Labute approximate surface area is 172 Å². The van der Waals surface area contributed by atoms with E-state index in [9.17, 15) is 13.2 Å². The van der Waals surface area contributed by atoms with Gasteiger partial charge in [-0.1, -0.05) is 52.3 Å². The van der Waals surface area contributed by atoms with Crippen molar-refractivity contribution in [2.75, 3.05) is 5.73 Å². The zero-order chi connectivity index (χ0) is 20.8. The fraction of sp³-hybridized carbons (Fsp3) is 0.100. The SMILES string of the molecule is Cn1ccc(-n2nc(C(F)(F)F)c(-c3ccc(-c4ccc(Br)cc4)cc3)c2N)n1. The lowest BCUT2D eigenvalue weighted by Gasteiger charge is -2.08. The Morgan fingerprint density at radius 3 is 1.93 bits per heavy atom. The van der Waals surface area contributed by atoms with E-state index in [0.29, 0.717) is 5.56 Å². The molecule has 148 valence electrons. The predicted octanol–water partition coefficient (Wildman–Crippen LogP) is 5.30. The van der Waals surface area contributed by atoms with E-state index in [1.165, 1.54) is 4.68 Å². The van der Waals surface area contributed by atoms with Gasteiger partial charge in [-0.05, 0) is 28.8 Å². The number of hydrogen-bond acceptors (Lipinski definition) is 3. The normalized spacial score (nSPS) is 11.8. The Bertz CT molecular complexity index is 1160. The molecule has 0 saturated heterocycles. The van der Waals surface area contributed by atoms with E-state index in [2.05, 4.69) is 26.1 Å². The first-order valence-corrected chi connectivity index (χ1v) is 9.35. The second kappa shape index (κ2) is 7.07. The molecule has 0 unspecified atom stereocenters. The molecule has 0 bridgehead atoms. The third-order valence-corrected chi connectivity index (χ3v) is 4.99. The molecule has 0 fully saturated rings. The fourth-order valence-corrected chi connectivity index (χ4v) is 3.34. The molecule has 0 amide bonds. The van der Waals surface area contributed by atoms with Crippen molar-refractivity contribution in [2.45, 2.75) is 6.18 Å². The molecule has 0 aliphatic heterocycles. The van der Waals surface area contributed by atoms with Crippen molar-refractivity contribution in [3.8, 4) is 28.1 Å². The van der Waals surface area contributed by atoms with Gasteiger partial charge >= 0.3 is 6.18 Å². The summed E-state index contributed by atoms with van der Waals surface area (Å²) in [7, 11) is 1.66. The predicted molar refractivity (Wildman–Crippen MR) is 108 cm³/mol. The van der Waals surface area contributed by atoms with Crippen LogP contribution in [0.4, 0.5) is 19.0 Å². The Morgan fingerprint density at radius 2 is 1.41 bits per heavy atom. The van der Waals surface area contributed by atoms with Gasteiger partial charge in [0.2, 0.25) is 0 Å². The molecule has 29 heavy (non-hydrogen) atoms. The minimum absolute atomic E-state index is 0.118. The Hall–Kier alpha value is -3.07. The largest absolute Gasteiger partial charge is 0.435 e. The molecule has 0 saturated carbocycles. The first kappa shape index (κ1) is 19.3. The number of halogens is 4. The van der Waals surface area contributed by atoms with E-state index in [4.69, 9.17) is 5.73 Å². The summed E-state index contributed by atoms with van der Waals surface area (Å²) in [6, 6.07) is 15.9. The monoisotopic (exact) mass is 461 g/mol. The number of hydrogen-bond donors (Lipinski definition) is 1. The highest BCUT2D eigenvalue weighted by Gasteiger charge is 2.39. The smallest absolute Gasteiger partial charge is 0.383 e. The maximum Gasteiger partial charge on any atom is 0.435 e. The van der Waals surface area contributed by atoms with E-state index in [1.807, 2.05) is 24.3 Å². The van der Waals surface area contributed by atoms with Gasteiger partial charge < -0.3 is 5.73 Å². The molecule has 2 aromatic heterocycles. The lowest BCUT2D eigenvalue weighted by atomic mass is 10.00. The van der Waals surface area contributed by atoms with Gasteiger partial charge in [-0.3, -0.25) is 4.68 Å². The summed E-state index contributed by atoms with van der Waals surface area (Å²) in [5.41, 5.74) is 7.04. The number of rotatable bonds is 3. The van der Waals surface area contributed by atoms with E-state index in [1.54, 1.807) is 43.6 Å². The van der Waals surface area contributed by atoms with Gasteiger partial charge in [0.1, 0.15) is 5.82 Å². The molecule has 0 radical (unpaired) electrons. The molecule has 4 rings (SSSR count). The summed E-state index contributed by atoms with van der Waals surface area (Å²) in [6.45, 7) is 0. The molecule has 5 nitrogen and oxygen atoms in total. The molecule has 0 atom stereocenters. The lowest BCUT2D eigenvalue weighted by molar-refractivity contribution is -0.140. The topological polar surface area (TPSA) is 61.7 Å². The third-order valence-electron chi connectivity index (χ3n) is 4.46. The van der Waals surface area contributed by atoms with Crippen LogP contribution in [0.15, 0.2) is 65.3 Å². The van der Waals surface area contributed by atoms with Crippen LogP contribution in [0.1, 0.15) is 5.69 Å². The number of nitrogens with two attached hydrogens (primary N) is 1. The maximum absolute atomic E-state index is 13.7. The summed E-state index contributed by atoms with van der Waals surface area (Å²) < 4.78 is 44.4. The molecule has 4 aromatic rings. The van der Waals surface area contributed by atoms with Crippen molar-refractivity contribution in [2.24, 2.45) is 7.05 Å². The fourth-order valence-electron chi connectivity index (χ4n) is 3.08. The van der Waals surface area contributed by atoms with Crippen molar-refractivity contribution < 1.29 is 13.2 Å². The van der Waals surface area contributed by atoms with Gasteiger partial charge in [0.15, 0.2) is 11.5 Å². The van der Waals surface area contributed by atoms with Gasteiger partial charge in [0.25, 0.3) is 0 Å². The summed E-state index contributed by atoms with van der Waals surface area (Å²) >= 11 is 3.38. The van der Waals surface area contributed by atoms with Gasteiger partial charge in [-0.25, -0.2) is 0 Å². The molecule has 0 spiro atoms. The van der Waals surface area contributed by atoms with Crippen molar-refractivity contribution >= 4 is 21.7 Å². The molecule has 2 N–H and O–H groups in total. The number of anilines is 1. The zero-order valence-electron chi connectivity index (χ0n) is 15.2. The van der Waals surface area contributed by atoms with Crippen LogP contribution in [-0.2, 0) is 13.2 Å². The van der Waals surface area contributed by atoms with Crippen molar-refractivity contribution in [1.82, 2.24) is 19.6 Å². The number of nitrogens with zero attached hydrogens (tertiary/aromatic N) is 4. The molecule has 9 heteroatoms. The van der Waals surface area contributed by atoms with E-state index in [-0.39, 0.29) is 17.2 Å². The summed E-state index contributed by atoms with van der Waals surface area (Å²) in [5.74, 6) is 0.0978. The van der Waals surface area contributed by atoms with E-state index >= 15 is 0 Å². The van der Waals surface area contributed by atoms with Crippen LogP contribution in [0.2, 0.25) is 0 Å². The number of alkyl halides is 3. The van der Waals surface area contributed by atoms with Crippen LogP contribution in [0.5, 0.6) is 0 Å². The molecule has 0 aliphatic rings. The zero-order valence-corrected chi connectivity index (χ0v) is 16.7. The number of aromatic nitrogens is 4. The highest BCUT2D eigenvalue weighted by Crippen LogP contribution is 2.41. The standard InChI is InChI=1S/C20H15BrF3N5/c1-28-11-10-16(26-28)29-19(25)17(18(27-29)20(22,23)24)14-4-2-12(3-5-14)13-6-8-15(21)9-7-13/h2-11H,25H2,1H3. The van der Waals surface area contributed by atoms with Crippen LogP contribution >= 0.6 is 15.9 Å². The van der Waals surface area contributed by atoms with Gasteiger partial charge in [-0.2, -0.15) is 28.1 Å². The average Bonchev–Trinajstić information content (AvgIpc) is 3.25. The van der Waals surface area contributed by atoms with Gasteiger partial charge in [0.05, 0.1) is 5.56 Å². The number of nitrogen functional groups attached to an aromatic ring is 1. The first-order chi connectivity index (χ1) is 13.7.